The molecule has 0 spiro atoms. The number of anilines is 1. The fourth-order valence-corrected chi connectivity index (χ4v) is 3.13. The fraction of sp³-hybridized carbons (Fsp3) is 0.765. The third-order valence-electron chi connectivity index (χ3n) is 4.29. The zero-order valence-electron chi connectivity index (χ0n) is 14.1. The largest absolute Gasteiger partial charge is 0.472 e. The molecule has 1 aromatic heterocycles. The van der Waals surface area contributed by atoms with Gasteiger partial charge < -0.3 is 19.1 Å². The molecule has 6 heteroatoms. The van der Waals surface area contributed by atoms with Crippen molar-refractivity contribution < 1.29 is 14.2 Å². The summed E-state index contributed by atoms with van der Waals surface area (Å²) in [5, 5.41) is 0. The minimum Gasteiger partial charge on any atom is -0.472 e. The molecule has 0 aromatic carbocycles. The first-order valence-electron chi connectivity index (χ1n) is 8.68. The molecule has 2 aliphatic heterocycles. The van der Waals surface area contributed by atoms with E-state index in [1.54, 1.807) is 12.4 Å². The second-order valence-electron chi connectivity index (χ2n) is 6.49. The van der Waals surface area contributed by atoms with Crippen LogP contribution in [-0.2, 0) is 9.47 Å². The van der Waals surface area contributed by atoms with Crippen molar-refractivity contribution in [3.8, 4) is 5.88 Å². The maximum atomic E-state index is 6.24. The van der Waals surface area contributed by atoms with Gasteiger partial charge in [0.05, 0.1) is 18.3 Å². The summed E-state index contributed by atoms with van der Waals surface area (Å²) < 4.78 is 17.4. The SMILES string of the molecule is CC(C)Oc1nccnc1N1CCC(OC2CCOCC2)CC1. The summed E-state index contributed by atoms with van der Waals surface area (Å²) in [4.78, 5) is 11.1. The van der Waals surface area contributed by atoms with Crippen LogP contribution in [0.1, 0.15) is 39.5 Å². The molecule has 0 saturated carbocycles. The van der Waals surface area contributed by atoms with Gasteiger partial charge in [0.15, 0.2) is 5.82 Å². The van der Waals surface area contributed by atoms with Gasteiger partial charge in [-0.15, -0.1) is 0 Å². The predicted molar refractivity (Wildman–Crippen MR) is 88.0 cm³/mol. The lowest BCUT2D eigenvalue weighted by Gasteiger charge is -2.35. The first-order chi connectivity index (χ1) is 11.2. The van der Waals surface area contributed by atoms with Crippen LogP contribution in [0.5, 0.6) is 5.88 Å². The lowest BCUT2D eigenvalue weighted by molar-refractivity contribution is -0.0744. The van der Waals surface area contributed by atoms with Gasteiger partial charge in [-0.25, -0.2) is 9.97 Å². The molecule has 0 bridgehead atoms. The van der Waals surface area contributed by atoms with E-state index in [2.05, 4.69) is 14.9 Å². The Kier molecular flexibility index (Phi) is 5.67. The first-order valence-corrected chi connectivity index (χ1v) is 8.68. The minimum atomic E-state index is 0.0971. The van der Waals surface area contributed by atoms with Crippen LogP contribution in [0.2, 0.25) is 0 Å². The van der Waals surface area contributed by atoms with Gasteiger partial charge in [-0.05, 0) is 39.5 Å². The molecule has 0 atom stereocenters. The average Bonchev–Trinajstić information content (AvgIpc) is 2.57. The third-order valence-corrected chi connectivity index (χ3v) is 4.29. The molecule has 1 aromatic rings. The van der Waals surface area contributed by atoms with Gasteiger partial charge in [0.1, 0.15) is 0 Å². The first kappa shape index (κ1) is 16.5. The van der Waals surface area contributed by atoms with Crippen LogP contribution in [0.25, 0.3) is 0 Å². The van der Waals surface area contributed by atoms with Crippen molar-refractivity contribution in [1.29, 1.82) is 0 Å². The van der Waals surface area contributed by atoms with Crippen LogP contribution in [0.15, 0.2) is 12.4 Å². The summed E-state index contributed by atoms with van der Waals surface area (Å²) in [6, 6.07) is 0. The maximum absolute atomic E-state index is 6.24. The lowest BCUT2D eigenvalue weighted by atomic mass is 10.1. The summed E-state index contributed by atoms with van der Waals surface area (Å²) in [5.74, 6) is 1.48. The standard InChI is InChI=1S/C17H27N3O3/c1-13(2)22-17-16(18-7-8-19-17)20-9-3-14(4-10-20)23-15-5-11-21-12-6-15/h7-8,13-15H,3-6,9-12H2,1-2H3. The highest BCUT2D eigenvalue weighted by Gasteiger charge is 2.26. The van der Waals surface area contributed by atoms with E-state index in [1.165, 1.54) is 0 Å². The highest BCUT2D eigenvalue weighted by molar-refractivity contribution is 5.48. The number of hydrogen-bond donors (Lipinski definition) is 0. The fourth-order valence-electron chi connectivity index (χ4n) is 3.13. The third kappa shape index (κ3) is 4.54. The lowest BCUT2D eigenvalue weighted by Crippen LogP contribution is -2.40. The Morgan fingerprint density at radius 1 is 1.04 bits per heavy atom. The van der Waals surface area contributed by atoms with Crippen molar-refractivity contribution in [3.63, 3.8) is 0 Å². The number of piperidine rings is 1. The Labute approximate surface area is 138 Å². The number of ether oxygens (including phenoxy) is 3. The van der Waals surface area contributed by atoms with Crippen molar-refractivity contribution in [1.82, 2.24) is 9.97 Å². The second-order valence-corrected chi connectivity index (χ2v) is 6.49. The van der Waals surface area contributed by atoms with Gasteiger partial charge in [0.25, 0.3) is 5.88 Å². The molecule has 3 heterocycles. The van der Waals surface area contributed by atoms with Gasteiger partial charge >= 0.3 is 0 Å². The smallest absolute Gasteiger partial charge is 0.257 e. The second kappa shape index (κ2) is 7.93. The van der Waals surface area contributed by atoms with Gasteiger partial charge in [-0.1, -0.05) is 0 Å². The molecule has 2 aliphatic rings. The highest BCUT2D eigenvalue weighted by Crippen LogP contribution is 2.28. The van der Waals surface area contributed by atoms with Crippen molar-refractivity contribution in [3.05, 3.63) is 12.4 Å². The van der Waals surface area contributed by atoms with Crippen LogP contribution in [-0.4, -0.2) is 54.6 Å². The van der Waals surface area contributed by atoms with E-state index in [9.17, 15) is 0 Å². The van der Waals surface area contributed by atoms with Crippen molar-refractivity contribution in [2.75, 3.05) is 31.2 Å². The van der Waals surface area contributed by atoms with E-state index in [4.69, 9.17) is 14.2 Å². The van der Waals surface area contributed by atoms with Gasteiger partial charge in [0.2, 0.25) is 0 Å². The number of hydrogen-bond acceptors (Lipinski definition) is 6. The van der Waals surface area contributed by atoms with Gasteiger partial charge in [-0.2, -0.15) is 0 Å². The Bertz CT molecular complexity index is 484. The van der Waals surface area contributed by atoms with E-state index in [0.717, 1.165) is 57.8 Å². The topological polar surface area (TPSA) is 56.7 Å². The van der Waals surface area contributed by atoms with E-state index < -0.39 is 0 Å². The molecule has 0 radical (unpaired) electrons. The minimum absolute atomic E-state index is 0.0971. The monoisotopic (exact) mass is 321 g/mol. The Balaban J connectivity index is 1.54. The summed E-state index contributed by atoms with van der Waals surface area (Å²) in [6.07, 6.45) is 8.32. The van der Waals surface area contributed by atoms with Crippen LogP contribution in [0.3, 0.4) is 0 Å². The normalized spacial score (nSPS) is 20.9. The molecule has 128 valence electrons. The highest BCUT2D eigenvalue weighted by atomic mass is 16.5. The zero-order chi connectivity index (χ0) is 16.1. The number of rotatable bonds is 5. The number of aromatic nitrogens is 2. The van der Waals surface area contributed by atoms with Gasteiger partial charge in [0, 0.05) is 38.7 Å². The zero-order valence-corrected chi connectivity index (χ0v) is 14.1. The maximum Gasteiger partial charge on any atom is 0.257 e. The molecule has 0 unspecified atom stereocenters. The molecule has 23 heavy (non-hydrogen) atoms. The van der Waals surface area contributed by atoms with Crippen molar-refractivity contribution in [2.45, 2.75) is 57.8 Å². The van der Waals surface area contributed by atoms with E-state index in [1.807, 2.05) is 13.8 Å². The molecule has 0 amide bonds. The molecular formula is C17H27N3O3. The molecule has 2 fully saturated rings. The average molecular weight is 321 g/mol. The summed E-state index contributed by atoms with van der Waals surface area (Å²) in [5.41, 5.74) is 0. The van der Waals surface area contributed by atoms with Crippen LogP contribution >= 0.6 is 0 Å². The van der Waals surface area contributed by atoms with E-state index in [-0.39, 0.29) is 6.10 Å². The quantitative estimate of drug-likeness (QED) is 0.830. The van der Waals surface area contributed by atoms with E-state index in [0.29, 0.717) is 18.1 Å². The summed E-state index contributed by atoms with van der Waals surface area (Å²) >= 11 is 0. The van der Waals surface area contributed by atoms with Crippen LogP contribution in [0.4, 0.5) is 5.82 Å². The van der Waals surface area contributed by atoms with Crippen molar-refractivity contribution >= 4 is 5.82 Å². The molecule has 6 nitrogen and oxygen atoms in total. The van der Waals surface area contributed by atoms with Crippen LogP contribution < -0.4 is 9.64 Å². The number of nitrogens with zero attached hydrogens (tertiary/aromatic N) is 3. The van der Waals surface area contributed by atoms with Gasteiger partial charge in [-0.3, -0.25) is 0 Å². The Morgan fingerprint density at radius 2 is 1.70 bits per heavy atom. The van der Waals surface area contributed by atoms with Crippen LogP contribution in [0, 0.1) is 0 Å². The summed E-state index contributed by atoms with van der Waals surface area (Å²) in [7, 11) is 0. The predicted octanol–water partition coefficient (Wildman–Crippen LogP) is 2.43. The van der Waals surface area contributed by atoms with Crippen molar-refractivity contribution in [2.24, 2.45) is 0 Å². The molecule has 2 saturated heterocycles. The molecular weight excluding hydrogens is 294 g/mol. The molecule has 3 rings (SSSR count). The Hall–Kier alpha value is -1.40. The summed E-state index contributed by atoms with van der Waals surface area (Å²) in [6.45, 7) is 7.54. The molecule has 0 aliphatic carbocycles. The Morgan fingerprint density at radius 3 is 2.39 bits per heavy atom. The van der Waals surface area contributed by atoms with E-state index >= 15 is 0 Å². The molecule has 0 N–H and O–H groups in total.